The minimum absolute atomic E-state index is 0.212. The van der Waals surface area contributed by atoms with Crippen LogP contribution in [0.4, 0.5) is 5.69 Å². The maximum Gasteiger partial charge on any atom is 0.223 e. The van der Waals surface area contributed by atoms with Gasteiger partial charge in [-0.1, -0.05) is 26.0 Å². The monoisotopic (exact) mass is 276 g/mol. The number of nitrogens with two attached hydrogens (primary N) is 1. The Bertz CT molecular complexity index is 444. The van der Waals surface area contributed by atoms with Crippen LogP contribution in [0, 0.1) is 0 Å². The van der Waals surface area contributed by atoms with Gasteiger partial charge in [0.05, 0.1) is 19.3 Å². The van der Waals surface area contributed by atoms with Crippen LogP contribution in [0.2, 0.25) is 0 Å². The van der Waals surface area contributed by atoms with Crippen molar-refractivity contribution in [1.82, 2.24) is 4.90 Å². The molecule has 1 heterocycles. The first kappa shape index (κ1) is 14.9. The summed E-state index contributed by atoms with van der Waals surface area (Å²) in [4.78, 5) is 14.4. The Labute approximate surface area is 120 Å². The van der Waals surface area contributed by atoms with Crippen molar-refractivity contribution in [3.8, 4) is 0 Å². The molecule has 4 nitrogen and oxygen atoms in total. The highest BCUT2D eigenvalue weighted by Crippen LogP contribution is 2.22. The van der Waals surface area contributed by atoms with E-state index in [1.807, 2.05) is 29.2 Å². The molecule has 0 radical (unpaired) electrons. The lowest BCUT2D eigenvalue weighted by molar-refractivity contribution is -0.140. The van der Waals surface area contributed by atoms with Gasteiger partial charge in [-0.2, -0.15) is 0 Å². The third kappa shape index (κ3) is 3.51. The molecule has 1 aromatic rings. The van der Waals surface area contributed by atoms with E-state index in [0.717, 1.165) is 17.7 Å². The molecule has 20 heavy (non-hydrogen) atoms. The first-order valence-electron chi connectivity index (χ1n) is 7.34. The number of benzene rings is 1. The zero-order chi connectivity index (χ0) is 14.5. The van der Waals surface area contributed by atoms with E-state index in [4.69, 9.17) is 10.5 Å². The molecule has 2 rings (SSSR count). The third-order valence-corrected chi connectivity index (χ3v) is 4.01. The number of anilines is 1. The van der Waals surface area contributed by atoms with E-state index in [1.165, 1.54) is 0 Å². The second-order valence-electron chi connectivity index (χ2n) is 5.50. The minimum Gasteiger partial charge on any atom is -0.399 e. The van der Waals surface area contributed by atoms with Crippen LogP contribution in [0.15, 0.2) is 24.3 Å². The van der Waals surface area contributed by atoms with E-state index < -0.39 is 0 Å². The number of carbonyl (C=O) groups excluding carboxylic acids is 1. The fraction of sp³-hybridized carbons (Fsp3) is 0.562. The summed E-state index contributed by atoms with van der Waals surface area (Å²) >= 11 is 0. The summed E-state index contributed by atoms with van der Waals surface area (Å²) in [5.41, 5.74) is 7.61. The van der Waals surface area contributed by atoms with Crippen LogP contribution < -0.4 is 5.73 Å². The molecule has 2 N–H and O–H groups in total. The molecule has 1 saturated heterocycles. The molecule has 0 aromatic heterocycles. The molecular formula is C16H24N2O2. The van der Waals surface area contributed by atoms with Gasteiger partial charge in [0.2, 0.25) is 5.91 Å². The lowest BCUT2D eigenvalue weighted by Gasteiger charge is -2.35. The first-order valence-corrected chi connectivity index (χ1v) is 7.34. The Balaban J connectivity index is 1.97. The standard InChI is InChI=1S/C16H24N2O2/c1-3-15-11-20-9-8-18(15)16(19)10-12(2)13-4-6-14(17)7-5-13/h4-7,12,15H,3,8-11,17H2,1-2H3. The summed E-state index contributed by atoms with van der Waals surface area (Å²) in [6.07, 6.45) is 1.49. The Kier molecular flexibility index (Phi) is 5.01. The van der Waals surface area contributed by atoms with Crippen molar-refractivity contribution in [2.75, 3.05) is 25.5 Å². The van der Waals surface area contributed by atoms with Crippen LogP contribution in [0.3, 0.4) is 0 Å². The number of ether oxygens (including phenoxy) is 1. The maximum absolute atomic E-state index is 12.5. The molecule has 1 aliphatic rings. The van der Waals surface area contributed by atoms with Crippen LogP contribution in [-0.4, -0.2) is 36.6 Å². The normalized spacial score (nSPS) is 20.7. The number of hydrogen-bond donors (Lipinski definition) is 1. The molecule has 0 saturated carbocycles. The Morgan fingerprint density at radius 1 is 1.45 bits per heavy atom. The van der Waals surface area contributed by atoms with Gasteiger partial charge in [-0.25, -0.2) is 0 Å². The van der Waals surface area contributed by atoms with Gasteiger partial charge >= 0.3 is 0 Å². The maximum atomic E-state index is 12.5. The average molecular weight is 276 g/mol. The van der Waals surface area contributed by atoms with Crippen LogP contribution in [0.1, 0.15) is 38.2 Å². The van der Waals surface area contributed by atoms with E-state index in [2.05, 4.69) is 13.8 Å². The molecule has 2 atom stereocenters. The fourth-order valence-corrected chi connectivity index (χ4v) is 2.64. The van der Waals surface area contributed by atoms with E-state index >= 15 is 0 Å². The highest BCUT2D eigenvalue weighted by molar-refractivity contribution is 5.77. The van der Waals surface area contributed by atoms with E-state index in [-0.39, 0.29) is 17.9 Å². The van der Waals surface area contributed by atoms with Crippen molar-refractivity contribution in [2.24, 2.45) is 0 Å². The molecule has 1 aliphatic heterocycles. The molecule has 110 valence electrons. The van der Waals surface area contributed by atoms with Gasteiger partial charge in [-0.15, -0.1) is 0 Å². The van der Waals surface area contributed by atoms with Gasteiger partial charge in [-0.3, -0.25) is 4.79 Å². The van der Waals surface area contributed by atoms with Crippen molar-refractivity contribution in [2.45, 2.75) is 38.6 Å². The predicted octanol–water partition coefficient (Wildman–Crippen LogP) is 2.40. The number of rotatable bonds is 4. The average Bonchev–Trinajstić information content (AvgIpc) is 2.47. The molecular weight excluding hydrogens is 252 g/mol. The Morgan fingerprint density at radius 3 is 2.80 bits per heavy atom. The smallest absolute Gasteiger partial charge is 0.223 e. The molecule has 1 amide bonds. The number of carbonyl (C=O) groups is 1. The summed E-state index contributed by atoms with van der Waals surface area (Å²) in [5, 5.41) is 0. The van der Waals surface area contributed by atoms with E-state index in [0.29, 0.717) is 26.2 Å². The second kappa shape index (κ2) is 6.75. The van der Waals surface area contributed by atoms with Gasteiger partial charge in [0.1, 0.15) is 0 Å². The van der Waals surface area contributed by atoms with E-state index in [1.54, 1.807) is 0 Å². The van der Waals surface area contributed by atoms with Crippen molar-refractivity contribution in [1.29, 1.82) is 0 Å². The molecule has 2 unspecified atom stereocenters. The molecule has 0 bridgehead atoms. The van der Waals surface area contributed by atoms with Crippen molar-refractivity contribution >= 4 is 11.6 Å². The van der Waals surface area contributed by atoms with Gasteiger partial charge in [-0.05, 0) is 30.0 Å². The summed E-state index contributed by atoms with van der Waals surface area (Å²) in [5.74, 6) is 0.438. The largest absolute Gasteiger partial charge is 0.399 e. The quantitative estimate of drug-likeness (QED) is 0.859. The summed E-state index contributed by atoms with van der Waals surface area (Å²) in [6.45, 7) is 6.22. The molecule has 4 heteroatoms. The highest BCUT2D eigenvalue weighted by atomic mass is 16.5. The Morgan fingerprint density at radius 2 is 2.15 bits per heavy atom. The first-order chi connectivity index (χ1) is 9.61. The second-order valence-corrected chi connectivity index (χ2v) is 5.50. The number of hydrogen-bond acceptors (Lipinski definition) is 3. The van der Waals surface area contributed by atoms with Crippen LogP contribution in [0.5, 0.6) is 0 Å². The molecule has 0 spiro atoms. The Hall–Kier alpha value is -1.55. The minimum atomic E-state index is 0.212. The third-order valence-electron chi connectivity index (χ3n) is 4.01. The highest BCUT2D eigenvalue weighted by Gasteiger charge is 2.26. The van der Waals surface area contributed by atoms with Crippen LogP contribution in [0.25, 0.3) is 0 Å². The molecule has 1 aromatic carbocycles. The van der Waals surface area contributed by atoms with Crippen molar-refractivity contribution in [3.63, 3.8) is 0 Å². The van der Waals surface area contributed by atoms with Crippen molar-refractivity contribution in [3.05, 3.63) is 29.8 Å². The van der Waals surface area contributed by atoms with Gasteiger partial charge in [0, 0.05) is 18.7 Å². The SMILES string of the molecule is CCC1COCCN1C(=O)CC(C)c1ccc(N)cc1. The molecule has 0 aliphatic carbocycles. The summed E-state index contributed by atoms with van der Waals surface area (Å²) < 4.78 is 5.45. The van der Waals surface area contributed by atoms with Gasteiger partial charge < -0.3 is 15.4 Å². The zero-order valence-electron chi connectivity index (χ0n) is 12.3. The number of morpholine rings is 1. The predicted molar refractivity (Wildman–Crippen MR) is 80.5 cm³/mol. The summed E-state index contributed by atoms with van der Waals surface area (Å²) in [7, 11) is 0. The lowest BCUT2D eigenvalue weighted by Crippen LogP contribution is -2.48. The van der Waals surface area contributed by atoms with Crippen LogP contribution >= 0.6 is 0 Å². The molecule has 1 fully saturated rings. The number of amides is 1. The van der Waals surface area contributed by atoms with E-state index in [9.17, 15) is 4.79 Å². The zero-order valence-corrected chi connectivity index (χ0v) is 12.3. The topological polar surface area (TPSA) is 55.6 Å². The fourth-order valence-electron chi connectivity index (χ4n) is 2.64. The lowest BCUT2D eigenvalue weighted by atomic mass is 9.96. The van der Waals surface area contributed by atoms with Crippen LogP contribution in [-0.2, 0) is 9.53 Å². The van der Waals surface area contributed by atoms with Crippen molar-refractivity contribution < 1.29 is 9.53 Å². The summed E-state index contributed by atoms with van der Waals surface area (Å²) in [6, 6.07) is 8.02. The van der Waals surface area contributed by atoms with Gasteiger partial charge in [0.15, 0.2) is 0 Å². The number of nitrogen functional groups attached to an aromatic ring is 1. The number of nitrogens with zero attached hydrogens (tertiary/aromatic N) is 1. The van der Waals surface area contributed by atoms with Gasteiger partial charge in [0.25, 0.3) is 0 Å².